The highest BCUT2D eigenvalue weighted by Crippen LogP contribution is 2.36. The first-order chi connectivity index (χ1) is 7.56. The van der Waals surface area contributed by atoms with Gasteiger partial charge in [-0.3, -0.25) is 5.10 Å². The molecule has 8 heteroatoms. The lowest BCUT2D eigenvalue weighted by Gasteiger charge is -2.13. The molecule has 1 fully saturated rings. The number of aliphatic hydroxyl groups excluding tert-OH is 2. The van der Waals surface area contributed by atoms with Crippen molar-refractivity contribution in [2.75, 3.05) is 12.3 Å². The Kier molecular flexibility index (Phi) is 3.17. The maximum Gasteiger partial charge on any atom is 0.151 e. The monoisotopic (exact) mass is 292 g/mol. The molecule has 1 aromatic heterocycles. The molecule has 7 N–H and O–H groups in total. The smallest absolute Gasteiger partial charge is 0.151 e. The first-order valence-corrected chi connectivity index (χ1v) is 5.56. The number of H-pyrrole nitrogens is 1. The summed E-state index contributed by atoms with van der Waals surface area (Å²) >= 11 is 3.14. The maximum atomic E-state index is 9.80. The molecule has 4 atom stereocenters. The van der Waals surface area contributed by atoms with Crippen LogP contribution in [-0.4, -0.2) is 45.3 Å². The number of anilines is 1. The van der Waals surface area contributed by atoms with E-state index in [1.807, 2.05) is 0 Å². The number of halogens is 1. The summed E-state index contributed by atoms with van der Waals surface area (Å²) < 4.78 is 5.87. The average Bonchev–Trinajstić information content (AvgIpc) is 2.73. The van der Waals surface area contributed by atoms with Gasteiger partial charge < -0.3 is 26.4 Å². The average molecular weight is 293 g/mol. The van der Waals surface area contributed by atoms with Crippen LogP contribution in [0.3, 0.4) is 0 Å². The van der Waals surface area contributed by atoms with E-state index in [-0.39, 0.29) is 6.54 Å². The SMILES string of the molecule is NC[C@@H]1O[C@@H](c2[nH]nc(Br)c2N)[C@H](O)[C@@H]1O. The minimum absolute atomic E-state index is 0.129. The number of hydrogen-bond acceptors (Lipinski definition) is 6. The van der Waals surface area contributed by atoms with E-state index in [1.54, 1.807) is 0 Å². The van der Waals surface area contributed by atoms with Gasteiger partial charge in [0.2, 0.25) is 0 Å². The Balaban J connectivity index is 2.26. The van der Waals surface area contributed by atoms with E-state index in [4.69, 9.17) is 16.2 Å². The second-order valence-corrected chi connectivity index (χ2v) is 4.40. The number of aliphatic hydroxyl groups is 2. The van der Waals surface area contributed by atoms with Crippen LogP contribution in [0.5, 0.6) is 0 Å². The van der Waals surface area contributed by atoms with E-state index < -0.39 is 24.4 Å². The molecular weight excluding hydrogens is 280 g/mol. The van der Waals surface area contributed by atoms with Crippen LogP contribution in [0.15, 0.2) is 4.60 Å². The van der Waals surface area contributed by atoms with Crippen molar-refractivity contribution in [1.82, 2.24) is 10.2 Å². The first-order valence-electron chi connectivity index (χ1n) is 4.77. The quantitative estimate of drug-likeness (QED) is 0.469. The predicted molar refractivity (Wildman–Crippen MR) is 59.4 cm³/mol. The lowest BCUT2D eigenvalue weighted by atomic mass is 10.1. The molecule has 0 saturated carbocycles. The number of aromatic amines is 1. The maximum absolute atomic E-state index is 9.80. The number of nitrogens with zero attached hydrogens (tertiary/aromatic N) is 1. The van der Waals surface area contributed by atoms with Crippen LogP contribution in [0.2, 0.25) is 0 Å². The zero-order valence-electron chi connectivity index (χ0n) is 8.30. The molecule has 1 aliphatic heterocycles. The molecule has 0 amide bonds. The van der Waals surface area contributed by atoms with Gasteiger partial charge in [0.25, 0.3) is 0 Å². The van der Waals surface area contributed by atoms with Gasteiger partial charge in [0.15, 0.2) is 4.60 Å². The van der Waals surface area contributed by atoms with E-state index in [0.29, 0.717) is 16.0 Å². The molecule has 0 unspecified atom stereocenters. The van der Waals surface area contributed by atoms with Gasteiger partial charge in [-0.25, -0.2) is 0 Å². The molecule has 2 rings (SSSR count). The third kappa shape index (κ3) is 1.72. The van der Waals surface area contributed by atoms with E-state index in [9.17, 15) is 10.2 Å². The lowest BCUT2D eigenvalue weighted by Crippen LogP contribution is -2.35. The number of hydrogen-bond donors (Lipinski definition) is 5. The number of nitrogen functional groups attached to an aromatic ring is 1. The largest absolute Gasteiger partial charge is 0.395 e. The zero-order valence-corrected chi connectivity index (χ0v) is 9.89. The van der Waals surface area contributed by atoms with Crippen LogP contribution in [0, 0.1) is 0 Å². The molecule has 0 radical (unpaired) electrons. The van der Waals surface area contributed by atoms with E-state index in [1.165, 1.54) is 0 Å². The van der Waals surface area contributed by atoms with E-state index >= 15 is 0 Å². The van der Waals surface area contributed by atoms with Gasteiger partial charge in [-0.2, -0.15) is 5.10 Å². The summed E-state index contributed by atoms with van der Waals surface area (Å²) in [5.41, 5.74) is 11.9. The summed E-state index contributed by atoms with van der Waals surface area (Å²) in [7, 11) is 0. The lowest BCUT2D eigenvalue weighted by molar-refractivity contribution is 0.00949. The van der Waals surface area contributed by atoms with Crippen molar-refractivity contribution in [2.45, 2.75) is 24.4 Å². The topological polar surface area (TPSA) is 130 Å². The van der Waals surface area contributed by atoms with Gasteiger partial charge in [-0.1, -0.05) is 0 Å². The fourth-order valence-corrected chi connectivity index (χ4v) is 2.04. The van der Waals surface area contributed by atoms with Gasteiger partial charge >= 0.3 is 0 Å². The Labute approximate surface area is 99.9 Å². The third-order valence-electron chi connectivity index (χ3n) is 2.67. The van der Waals surface area contributed by atoms with Crippen molar-refractivity contribution >= 4 is 21.6 Å². The number of ether oxygens (including phenoxy) is 1. The highest BCUT2D eigenvalue weighted by molar-refractivity contribution is 9.10. The molecule has 1 saturated heterocycles. The van der Waals surface area contributed by atoms with Crippen molar-refractivity contribution < 1.29 is 14.9 Å². The van der Waals surface area contributed by atoms with Crippen molar-refractivity contribution in [2.24, 2.45) is 5.73 Å². The van der Waals surface area contributed by atoms with Gasteiger partial charge in [0, 0.05) is 6.54 Å². The number of nitrogens with two attached hydrogens (primary N) is 2. The summed E-state index contributed by atoms with van der Waals surface area (Å²) in [4.78, 5) is 0. The normalized spacial score (nSPS) is 34.5. The zero-order chi connectivity index (χ0) is 11.9. The Hall–Kier alpha value is -0.670. The summed E-state index contributed by atoms with van der Waals surface area (Å²) in [6.07, 6.45) is -3.41. The van der Waals surface area contributed by atoms with Crippen LogP contribution >= 0.6 is 15.9 Å². The number of aromatic nitrogens is 2. The predicted octanol–water partition coefficient (Wildman–Crippen LogP) is -1.13. The second-order valence-electron chi connectivity index (χ2n) is 3.65. The highest BCUT2D eigenvalue weighted by atomic mass is 79.9. The summed E-state index contributed by atoms with van der Waals surface area (Å²) in [5.74, 6) is 0. The number of nitrogens with one attached hydrogen (secondary N) is 1. The van der Waals surface area contributed by atoms with Crippen molar-refractivity contribution in [3.8, 4) is 0 Å². The number of rotatable bonds is 2. The molecule has 16 heavy (non-hydrogen) atoms. The molecule has 1 aliphatic rings. The molecular formula is C8H13BrN4O3. The summed E-state index contributed by atoms with van der Waals surface area (Å²) in [5, 5.41) is 25.9. The summed E-state index contributed by atoms with van der Waals surface area (Å²) in [6.45, 7) is 0.129. The minimum Gasteiger partial charge on any atom is -0.395 e. The van der Waals surface area contributed by atoms with Crippen LogP contribution in [-0.2, 0) is 4.74 Å². The first kappa shape index (κ1) is 11.8. The van der Waals surface area contributed by atoms with Gasteiger partial charge in [0.1, 0.15) is 18.3 Å². The molecule has 0 bridgehead atoms. The van der Waals surface area contributed by atoms with Gasteiger partial charge in [-0.15, -0.1) is 0 Å². The van der Waals surface area contributed by atoms with Crippen LogP contribution in [0.1, 0.15) is 11.8 Å². The van der Waals surface area contributed by atoms with Crippen LogP contribution < -0.4 is 11.5 Å². The van der Waals surface area contributed by atoms with Crippen molar-refractivity contribution in [1.29, 1.82) is 0 Å². The Morgan fingerprint density at radius 2 is 2.12 bits per heavy atom. The van der Waals surface area contributed by atoms with Gasteiger partial charge in [0.05, 0.1) is 17.5 Å². The molecule has 7 nitrogen and oxygen atoms in total. The molecule has 90 valence electrons. The Bertz CT molecular complexity index is 385. The molecule has 1 aromatic rings. The van der Waals surface area contributed by atoms with Crippen molar-refractivity contribution in [3.05, 3.63) is 10.3 Å². The van der Waals surface area contributed by atoms with Crippen LogP contribution in [0.4, 0.5) is 5.69 Å². The minimum atomic E-state index is -1.07. The van der Waals surface area contributed by atoms with Crippen molar-refractivity contribution in [3.63, 3.8) is 0 Å². The van der Waals surface area contributed by atoms with Gasteiger partial charge in [-0.05, 0) is 15.9 Å². The Morgan fingerprint density at radius 1 is 1.44 bits per heavy atom. The molecule has 0 spiro atoms. The van der Waals surface area contributed by atoms with E-state index in [0.717, 1.165) is 0 Å². The molecule has 0 aromatic carbocycles. The Morgan fingerprint density at radius 3 is 2.56 bits per heavy atom. The highest BCUT2D eigenvalue weighted by Gasteiger charge is 2.44. The fraction of sp³-hybridized carbons (Fsp3) is 0.625. The molecule has 2 heterocycles. The third-order valence-corrected chi connectivity index (χ3v) is 3.27. The summed E-state index contributed by atoms with van der Waals surface area (Å²) in [6, 6.07) is 0. The standard InChI is InChI=1S/C8H13BrN4O3/c9-8-3(11)4(12-13-8)7-6(15)5(14)2(1-10)16-7/h2,5-7,14-15H,1,10-11H2,(H,12,13)/t2-,5+,6+,7-/m0/s1. The second kappa shape index (κ2) is 4.30. The van der Waals surface area contributed by atoms with E-state index in [2.05, 4.69) is 26.1 Å². The molecule has 0 aliphatic carbocycles. The van der Waals surface area contributed by atoms with Crippen LogP contribution in [0.25, 0.3) is 0 Å². The fourth-order valence-electron chi connectivity index (χ4n) is 1.74.